The minimum Gasteiger partial charge on any atom is -0.485 e. The minimum absolute atomic E-state index is 0.119. The number of nitrogens with one attached hydrogen (secondary N) is 1. The van der Waals surface area contributed by atoms with Crippen LogP contribution in [0.3, 0.4) is 0 Å². The molecule has 0 saturated heterocycles. The summed E-state index contributed by atoms with van der Waals surface area (Å²) in [6.07, 6.45) is 1.62. The van der Waals surface area contributed by atoms with Gasteiger partial charge in [-0.1, -0.05) is 53.0 Å². The lowest BCUT2D eigenvalue weighted by atomic mass is 10.2. The van der Waals surface area contributed by atoms with Crippen LogP contribution >= 0.6 is 34.8 Å². The SMILES string of the molecule is Cc1cc(Cl)ccc1OCc1ccc(C(=O)Nc2nn(Cc3ccccc3Cl)cc2Cl)o1. The molecule has 32 heavy (non-hydrogen) atoms. The van der Waals surface area contributed by atoms with Crippen molar-refractivity contribution < 1.29 is 13.9 Å². The summed E-state index contributed by atoms with van der Waals surface area (Å²) >= 11 is 18.4. The van der Waals surface area contributed by atoms with E-state index in [0.29, 0.717) is 33.1 Å². The van der Waals surface area contributed by atoms with Gasteiger partial charge >= 0.3 is 0 Å². The van der Waals surface area contributed by atoms with E-state index in [-0.39, 0.29) is 18.2 Å². The number of ether oxygens (including phenoxy) is 1. The molecule has 2 aromatic heterocycles. The zero-order valence-electron chi connectivity index (χ0n) is 16.9. The van der Waals surface area contributed by atoms with Gasteiger partial charge in [-0.2, -0.15) is 5.10 Å². The summed E-state index contributed by atoms with van der Waals surface area (Å²) in [5.74, 6) is 1.07. The molecule has 2 heterocycles. The summed E-state index contributed by atoms with van der Waals surface area (Å²) in [6, 6.07) is 16.0. The van der Waals surface area contributed by atoms with Gasteiger partial charge < -0.3 is 14.5 Å². The Balaban J connectivity index is 1.39. The van der Waals surface area contributed by atoms with Crippen molar-refractivity contribution in [2.24, 2.45) is 0 Å². The first-order valence-corrected chi connectivity index (χ1v) is 10.8. The molecule has 4 rings (SSSR count). The van der Waals surface area contributed by atoms with Gasteiger partial charge in [-0.05, 0) is 54.4 Å². The summed E-state index contributed by atoms with van der Waals surface area (Å²) in [5, 5.41) is 8.56. The second kappa shape index (κ2) is 9.69. The van der Waals surface area contributed by atoms with Crippen molar-refractivity contribution in [1.29, 1.82) is 0 Å². The minimum atomic E-state index is -0.469. The zero-order chi connectivity index (χ0) is 22.7. The fourth-order valence-corrected chi connectivity index (χ4v) is 3.65. The van der Waals surface area contributed by atoms with E-state index in [2.05, 4.69) is 10.4 Å². The quantitative estimate of drug-likeness (QED) is 0.316. The lowest BCUT2D eigenvalue weighted by Crippen LogP contribution is -2.12. The maximum absolute atomic E-state index is 12.6. The fraction of sp³-hybridized carbons (Fsp3) is 0.130. The number of furan rings is 1. The summed E-state index contributed by atoms with van der Waals surface area (Å²) in [5.41, 5.74) is 1.79. The van der Waals surface area contributed by atoms with E-state index in [0.717, 1.165) is 11.1 Å². The highest BCUT2D eigenvalue weighted by Crippen LogP contribution is 2.25. The molecule has 0 saturated carbocycles. The maximum Gasteiger partial charge on any atom is 0.292 e. The van der Waals surface area contributed by atoms with Gasteiger partial charge in [0.15, 0.2) is 11.6 Å². The number of rotatable bonds is 7. The number of hydrogen-bond acceptors (Lipinski definition) is 4. The monoisotopic (exact) mass is 489 g/mol. The topological polar surface area (TPSA) is 69.3 Å². The number of halogens is 3. The molecular formula is C23H18Cl3N3O3. The molecule has 0 radical (unpaired) electrons. The molecule has 0 unspecified atom stereocenters. The predicted octanol–water partition coefficient (Wildman–Crippen LogP) is 6.62. The Morgan fingerprint density at radius 3 is 2.69 bits per heavy atom. The number of carbonyl (C=O) groups is 1. The van der Waals surface area contributed by atoms with Crippen LogP contribution in [0.2, 0.25) is 15.1 Å². The van der Waals surface area contributed by atoms with Crippen molar-refractivity contribution >= 4 is 46.5 Å². The van der Waals surface area contributed by atoms with Crippen LogP contribution in [-0.4, -0.2) is 15.7 Å². The van der Waals surface area contributed by atoms with Crippen molar-refractivity contribution in [3.8, 4) is 5.75 Å². The Kier molecular flexibility index (Phi) is 6.74. The van der Waals surface area contributed by atoms with Gasteiger partial charge in [0.05, 0.1) is 6.54 Å². The Hall–Kier alpha value is -2.93. The summed E-state index contributed by atoms with van der Waals surface area (Å²) in [7, 11) is 0. The Labute approximate surface area is 199 Å². The molecule has 4 aromatic rings. The third kappa shape index (κ3) is 5.27. The highest BCUT2D eigenvalue weighted by atomic mass is 35.5. The van der Waals surface area contributed by atoms with E-state index >= 15 is 0 Å². The number of amides is 1. The first-order chi connectivity index (χ1) is 15.4. The van der Waals surface area contributed by atoms with Crippen molar-refractivity contribution in [3.63, 3.8) is 0 Å². The second-order valence-corrected chi connectivity index (χ2v) is 8.28. The molecule has 0 fully saturated rings. The number of aromatic nitrogens is 2. The summed E-state index contributed by atoms with van der Waals surface area (Å²) < 4.78 is 13.0. The van der Waals surface area contributed by atoms with Crippen LogP contribution in [0.25, 0.3) is 0 Å². The van der Waals surface area contributed by atoms with E-state index in [1.165, 1.54) is 0 Å². The molecule has 0 atom stereocenters. The van der Waals surface area contributed by atoms with Crippen molar-refractivity contribution in [2.45, 2.75) is 20.1 Å². The molecule has 9 heteroatoms. The number of benzene rings is 2. The van der Waals surface area contributed by atoms with E-state index < -0.39 is 5.91 Å². The largest absolute Gasteiger partial charge is 0.485 e. The van der Waals surface area contributed by atoms with Gasteiger partial charge in [-0.25, -0.2) is 0 Å². The second-order valence-electron chi connectivity index (χ2n) is 7.03. The predicted molar refractivity (Wildman–Crippen MR) is 125 cm³/mol. The molecule has 6 nitrogen and oxygen atoms in total. The number of anilines is 1. The average Bonchev–Trinajstić information content (AvgIpc) is 3.36. The standard InChI is InChI=1S/C23H18Cl3N3O3/c1-14-10-16(24)6-8-20(14)31-13-17-7-9-21(32-17)23(30)27-22-19(26)12-29(28-22)11-15-4-2-3-5-18(15)25/h2-10,12H,11,13H2,1H3,(H,27,28,30). The van der Waals surface area contributed by atoms with Gasteiger partial charge in [-0.15, -0.1) is 0 Å². The van der Waals surface area contributed by atoms with Gasteiger partial charge in [0.2, 0.25) is 0 Å². The lowest BCUT2D eigenvalue weighted by Gasteiger charge is -2.07. The van der Waals surface area contributed by atoms with Crippen LogP contribution in [0, 0.1) is 6.92 Å². The highest BCUT2D eigenvalue weighted by molar-refractivity contribution is 6.33. The highest BCUT2D eigenvalue weighted by Gasteiger charge is 2.16. The van der Waals surface area contributed by atoms with E-state index in [9.17, 15) is 4.79 Å². The van der Waals surface area contributed by atoms with Crippen LogP contribution in [0.1, 0.15) is 27.4 Å². The van der Waals surface area contributed by atoms with Crippen molar-refractivity contribution in [3.05, 3.63) is 98.5 Å². The van der Waals surface area contributed by atoms with Crippen LogP contribution in [0.15, 0.2) is 65.2 Å². The third-order valence-corrected chi connectivity index (χ3v) is 5.51. The molecule has 0 bridgehead atoms. The number of aryl methyl sites for hydroxylation is 1. The Bertz CT molecular complexity index is 1270. The van der Waals surface area contributed by atoms with Crippen molar-refractivity contribution in [2.75, 3.05) is 5.32 Å². The first kappa shape index (κ1) is 22.3. The fourth-order valence-electron chi connectivity index (χ4n) is 3.03. The average molecular weight is 491 g/mol. The van der Waals surface area contributed by atoms with Gasteiger partial charge in [0, 0.05) is 16.2 Å². The molecule has 0 aliphatic rings. The van der Waals surface area contributed by atoms with Crippen LogP contribution in [-0.2, 0) is 13.2 Å². The Morgan fingerprint density at radius 1 is 1.09 bits per heavy atom. The lowest BCUT2D eigenvalue weighted by molar-refractivity contribution is 0.0992. The molecular weight excluding hydrogens is 473 g/mol. The molecule has 0 spiro atoms. The maximum atomic E-state index is 12.6. The third-order valence-electron chi connectivity index (χ3n) is 4.63. The molecule has 2 aromatic carbocycles. The summed E-state index contributed by atoms with van der Waals surface area (Å²) in [4.78, 5) is 12.6. The number of carbonyl (C=O) groups excluding carboxylic acids is 1. The first-order valence-electron chi connectivity index (χ1n) is 9.64. The molecule has 0 aliphatic heterocycles. The Morgan fingerprint density at radius 2 is 1.91 bits per heavy atom. The van der Waals surface area contributed by atoms with Gasteiger partial charge in [0.25, 0.3) is 5.91 Å². The smallest absolute Gasteiger partial charge is 0.292 e. The van der Waals surface area contributed by atoms with Gasteiger partial charge in [-0.3, -0.25) is 9.48 Å². The molecule has 0 aliphatic carbocycles. The normalized spacial score (nSPS) is 10.9. The molecule has 1 amide bonds. The van der Waals surface area contributed by atoms with E-state index in [1.807, 2.05) is 31.2 Å². The van der Waals surface area contributed by atoms with Crippen LogP contribution in [0.5, 0.6) is 5.75 Å². The summed E-state index contributed by atoms with van der Waals surface area (Å²) in [6.45, 7) is 2.49. The van der Waals surface area contributed by atoms with E-state index in [1.54, 1.807) is 41.2 Å². The molecule has 164 valence electrons. The van der Waals surface area contributed by atoms with Gasteiger partial charge in [0.1, 0.15) is 23.1 Å². The van der Waals surface area contributed by atoms with E-state index in [4.69, 9.17) is 44.0 Å². The van der Waals surface area contributed by atoms with Crippen LogP contribution < -0.4 is 10.1 Å². The van der Waals surface area contributed by atoms with Crippen molar-refractivity contribution in [1.82, 2.24) is 9.78 Å². The molecule has 1 N–H and O–H groups in total. The van der Waals surface area contributed by atoms with Crippen LogP contribution in [0.4, 0.5) is 5.82 Å². The zero-order valence-corrected chi connectivity index (χ0v) is 19.2. The number of hydrogen-bond donors (Lipinski definition) is 1. The number of nitrogens with zero attached hydrogens (tertiary/aromatic N) is 2.